The number of rotatable bonds is 2. The highest BCUT2D eigenvalue weighted by molar-refractivity contribution is 5.82. The third-order valence-corrected chi connectivity index (χ3v) is 2.23. The smallest absolute Gasteiger partial charge is 0.136 e. The molecule has 1 nitrogen and oxygen atoms in total. The predicted molar refractivity (Wildman–Crippen MR) is 45.0 cm³/mol. The molecule has 11 heavy (non-hydrogen) atoms. The summed E-state index contributed by atoms with van der Waals surface area (Å²) in [4.78, 5) is 11.1. The first-order valence-corrected chi connectivity index (χ1v) is 4.27. The lowest BCUT2D eigenvalue weighted by atomic mass is 10.0. The minimum absolute atomic E-state index is 0.343. The zero-order valence-electron chi connectivity index (χ0n) is 7.02. The quantitative estimate of drug-likeness (QED) is 0.551. The molecule has 1 heteroatoms. The summed E-state index contributed by atoms with van der Waals surface area (Å²) in [5.41, 5.74) is 0. The predicted octanol–water partition coefficient (Wildman–Crippen LogP) is 2.16. The average Bonchev–Trinajstić information content (AvgIpc) is 2.37. The van der Waals surface area contributed by atoms with E-state index in [2.05, 4.69) is 11.8 Å². The molecular formula is C10H14O. The van der Waals surface area contributed by atoms with Crippen molar-refractivity contribution in [3.63, 3.8) is 0 Å². The second kappa shape index (κ2) is 4.18. The Balaban J connectivity index is 2.24. The van der Waals surface area contributed by atoms with Gasteiger partial charge in [-0.1, -0.05) is 0 Å². The van der Waals surface area contributed by atoms with Crippen LogP contribution in [0.5, 0.6) is 0 Å². The normalized spacial score (nSPS) is 23.0. The maximum absolute atomic E-state index is 11.1. The van der Waals surface area contributed by atoms with Gasteiger partial charge in [-0.25, -0.2) is 0 Å². The summed E-state index contributed by atoms with van der Waals surface area (Å²) in [7, 11) is 0. The number of ketones is 1. The number of Topliss-reactive ketones (excluding diaryl/α,β-unsaturated/α-hetero) is 1. The summed E-state index contributed by atoms with van der Waals surface area (Å²) in [6.45, 7) is 1.84. The van der Waals surface area contributed by atoms with E-state index >= 15 is 0 Å². The molecule has 0 aromatic carbocycles. The van der Waals surface area contributed by atoms with Crippen molar-refractivity contribution in [2.45, 2.75) is 39.0 Å². The van der Waals surface area contributed by atoms with Crippen LogP contribution in [0, 0.1) is 17.8 Å². The van der Waals surface area contributed by atoms with Crippen molar-refractivity contribution in [1.29, 1.82) is 0 Å². The Morgan fingerprint density at radius 3 is 3.00 bits per heavy atom. The van der Waals surface area contributed by atoms with Crippen molar-refractivity contribution < 1.29 is 4.79 Å². The topological polar surface area (TPSA) is 17.1 Å². The Bertz CT molecular complexity index is 195. The maximum Gasteiger partial charge on any atom is 0.136 e. The minimum Gasteiger partial charge on any atom is -0.299 e. The number of carbonyl (C=O) groups excluding carboxylic acids is 1. The first-order chi connectivity index (χ1) is 5.34. The van der Waals surface area contributed by atoms with Crippen molar-refractivity contribution in [3.05, 3.63) is 0 Å². The number of hydrogen-bond donors (Lipinski definition) is 0. The molecule has 0 heterocycles. The summed E-state index contributed by atoms with van der Waals surface area (Å²) in [5, 5.41) is 0. The van der Waals surface area contributed by atoms with Gasteiger partial charge in [0.05, 0.1) is 0 Å². The molecule has 0 aliphatic heterocycles. The summed E-state index contributed by atoms with van der Waals surface area (Å²) < 4.78 is 0. The van der Waals surface area contributed by atoms with Crippen molar-refractivity contribution >= 4 is 5.78 Å². The summed E-state index contributed by atoms with van der Waals surface area (Å²) in [6.07, 6.45) is 4.89. The Kier molecular flexibility index (Phi) is 3.16. The van der Waals surface area contributed by atoms with Gasteiger partial charge < -0.3 is 0 Å². The molecule has 1 rings (SSSR count). The van der Waals surface area contributed by atoms with Gasteiger partial charge in [0, 0.05) is 18.8 Å². The largest absolute Gasteiger partial charge is 0.299 e. The van der Waals surface area contributed by atoms with E-state index in [-0.39, 0.29) is 0 Å². The number of hydrogen-bond acceptors (Lipinski definition) is 1. The number of carbonyl (C=O) groups is 1. The van der Waals surface area contributed by atoms with Crippen LogP contribution >= 0.6 is 0 Å². The molecule has 0 aromatic heterocycles. The van der Waals surface area contributed by atoms with Gasteiger partial charge in [0.2, 0.25) is 0 Å². The lowest BCUT2D eigenvalue weighted by molar-refractivity contribution is -0.120. The minimum atomic E-state index is 0.343. The van der Waals surface area contributed by atoms with Crippen LogP contribution in [0.2, 0.25) is 0 Å². The SMILES string of the molecule is CC#CCCC1CCCC1=O. The van der Waals surface area contributed by atoms with E-state index in [1.807, 2.05) is 6.92 Å². The fourth-order valence-corrected chi connectivity index (χ4v) is 1.56. The van der Waals surface area contributed by atoms with Crippen LogP contribution in [0.4, 0.5) is 0 Å². The van der Waals surface area contributed by atoms with Crippen molar-refractivity contribution in [1.82, 2.24) is 0 Å². The van der Waals surface area contributed by atoms with Crippen molar-refractivity contribution in [2.75, 3.05) is 0 Å². The van der Waals surface area contributed by atoms with E-state index in [4.69, 9.17) is 0 Å². The molecule has 0 N–H and O–H groups in total. The molecule has 0 bridgehead atoms. The Morgan fingerprint density at radius 1 is 1.64 bits per heavy atom. The molecule has 1 fully saturated rings. The monoisotopic (exact) mass is 150 g/mol. The fourth-order valence-electron chi connectivity index (χ4n) is 1.56. The Morgan fingerprint density at radius 2 is 2.45 bits per heavy atom. The molecule has 0 saturated heterocycles. The molecular weight excluding hydrogens is 136 g/mol. The Hall–Kier alpha value is -0.770. The third kappa shape index (κ3) is 2.38. The highest BCUT2D eigenvalue weighted by Crippen LogP contribution is 2.24. The fraction of sp³-hybridized carbons (Fsp3) is 0.700. The van der Waals surface area contributed by atoms with Gasteiger partial charge in [-0.3, -0.25) is 4.79 Å². The van der Waals surface area contributed by atoms with Crippen LogP contribution in [0.25, 0.3) is 0 Å². The highest BCUT2D eigenvalue weighted by Gasteiger charge is 2.22. The van der Waals surface area contributed by atoms with Gasteiger partial charge in [-0.15, -0.1) is 11.8 Å². The zero-order valence-corrected chi connectivity index (χ0v) is 7.02. The van der Waals surface area contributed by atoms with E-state index in [0.717, 1.165) is 32.1 Å². The summed E-state index contributed by atoms with van der Waals surface area (Å²) >= 11 is 0. The van der Waals surface area contributed by atoms with Gasteiger partial charge in [0.15, 0.2) is 0 Å². The Labute approximate surface area is 68.2 Å². The molecule has 0 amide bonds. The molecule has 1 unspecified atom stereocenters. The van der Waals surface area contributed by atoms with Crippen LogP contribution < -0.4 is 0 Å². The molecule has 60 valence electrons. The van der Waals surface area contributed by atoms with E-state index in [1.165, 1.54) is 0 Å². The van der Waals surface area contributed by atoms with Crippen molar-refractivity contribution in [2.24, 2.45) is 5.92 Å². The average molecular weight is 150 g/mol. The van der Waals surface area contributed by atoms with Gasteiger partial charge in [-0.05, 0) is 26.2 Å². The van der Waals surface area contributed by atoms with E-state index in [0.29, 0.717) is 11.7 Å². The van der Waals surface area contributed by atoms with Crippen LogP contribution in [0.1, 0.15) is 39.0 Å². The lowest BCUT2D eigenvalue weighted by Crippen LogP contribution is -2.04. The standard InChI is InChI=1S/C10H14O/c1-2-3-4-6-9-7-5-8-10(9)11/h9H,4-8H2,1H3. The maximum atomic E-state index is 11.1. The highest BCUT2D eigenvalue weighted by atomic mass is 16.1. The van der Waals surface area contributed by atoms with Crippen LogP contribution in [-0.4, -0.2) is 5.78 Å². The van der Waals surface area contributed by atoms with Crippen LogP contribution in [-0.2, 0) is 4.79 Å². The van der Waals surface area contributed by atoms with Crippen molar-refractivity contribution in [3.8, 4) is 11.8 Å². The van der Waals surface area contributed by atoms with Gasteiger partial charge in [0.1, 0.15) is 5.78 Å². The van der Waals surface area contributed by atoms with Gasteiger partial charge >= 0.3 is 0 Å². The van der Waals surface area contributed by atoms with Crippen LogP contribution in [0.15, 0.2) is 0 Å². The van der Waals surface area contributed by atoms with E-state index in [9.17, 15) is 4.79 Å². The first kappa shape index (κ1) is 8.33. The molecule has 1 aliphatic rings. The zero-order chi connectivity index (χ0) is 8.10. The lowest BCUT2D eigenvalue weighted by Gasteiger charge is -2.02. The second-order valence-electron chi connectivity index (χ2n) is 3.02. The summed E-state index contributed by atoms with van der Waals surface area (Å²) in [5.74, 6) is 6.64. The molecule has 0 radical (unpaired) electrons. The molecule has 0 aromatic rings. The van der Waals surface area contributed by atoms with Gasteiger partial charge in [-0.2, -0.15) is 0 Å². The van der Waals surface area contributed by atoms with E-state index in [1.54, 1.807) is 0 Å². The molecule has 1 saturated carbocycles. The van der Waals surface area contributed by atoms with Crippen LogP contribution in [0.3, 0.4) is 0 Å². The first-order valence-electron chi connectivity index (χ1n) is 4.27. The molecule has 0 spiro atoms. The molecule has 1 atom stereocenters. The van der Waals surface area contributed by atoms with E-state index < -0.39 is 0 Å². The second-order valence-corrected chi connectivity index (χ2v) is 3.02. The van der Waals surface area contributed by atoms with Gasteiger partial charge in [0.25, 0.3) is 0 Å². The third-order valence-electron chi connectivity index (χ3n) is 2.23. The summed E-state index contributed by atoms with van der Waals surface area (Å²) in [6, 6.07) is 0. The molecule has 1 aliphatic carbocycles.